The number of halogens is 1. The van der Waals surface area contributed by atoms with E-state index < -0.39 is 0 Å². The van der Waals surface area contributed by atoms with Gasteiger partial charge in [0.15, 0.2) is 0 Å². The van der Waals surface area contributed by atoms with Crippen molar-refractivity contribution in [3.63, 3.8) is 0 Å². The molecule has 0 amide bonds. The van der Waals surface area contributed by atoms with Crippen LogP contribution in [0.5, 0.6) is 0 Å². The van der Waals surface area contributed by atoms with E-state index in [0.717, 1.165) is 35.8 Å². The number of guanidine groups is 2. The first-order valence-corrected chi connectivity index (χ1v) is 8.49. The standard InChI is InChI=1S/C16H22BrN5/c1-10-8-12(9-11(2)13(10)17)22-15(19)20-14(18)21-16(22)6-4-3-5-7-16/h8-9H,3-7H2,1-2H3,(H4,18,19,20,21). The molecule has 1 heterocycles. The second kappa shape index (κ2) is 5.57. The Hall–Kier alpha value is -1.56. The lowest BCUT2D eigenvalue weighted by Crippen LogP contribution is -2.58. The molecule has 0 unspecified atom stereocenters. The molecule has 118 valence electrons. The van der Waals surface area contributed by atoms with Gasteiger partial charge in [-0.3, -0.25) is 4.90 Å². The number of hydrogen-bond acceptors (Lipinski definition) is 5. The van der Waals surface area contributed by atoms with Crippen molar-refractivity contribution in [2.45, 2.75) is 51.6 Å². The van der Waals surface area contributed by atoms with Crippen molar-refractivity contribution in [2.24, 2.45) is 21.5 Å². The van der Waals surface area contributed by atoms with Crippen LogP contribution in [0.1, 0.15) is 43.2 Å². The van der Waals surface area contributed by atoms with Crippen LogP contribution in [0.3, 0.4) is 0 Å². The summed E-state index contributed by atoms with van der Waals surface area (Å²) in [4.78, 5) is 11.0. The summed E-state index contributed by atoms with van der Waals surface area (Å²) in [5, 5.41) is 0. The first-order chi connectivity index (χ1) is 10.4. The van der Waals surface area contributed by atoms with Crippen molar-refractivity contribution < 1.29 is 0 Å². The van der Waals surface area contributed by atoms with E-state index in [1.807, 2.05) is 0 Å². The quantitative estimate of drug-likeness (QED) is 0.803. The summed E-state index contributed by atoms with van der Waals surface area (Å²) >= 11 is 3.62. The van der Waals surface area contributed by atoms with Crippen molar-refractivity contribution in [3.8, 4) is 0 Å². The van der Waals surface area contributed by atoms with E-state index in [4.69, 9.17) is 16.5 Å². The van der Waals surface area contributed by atoms with Gasteiger partial charge in [-0.1, -0.05) is 22.4 Å². The number of rotatable bonds is 1. The van der Waals surface area contributed by atoms with Crippen molar-refractivity contribution in [1.82, 2.24) is 0 Å². The Balaban J connectivity index is 2.12. The van der Waals surface area contributed by atoms with Gasteiger partial charge in [-0.05, 0) is 62.8 Å². The van der Waals surface area contributed by atoms with E-state index in [1.165, 1.54) is 17.5 Å². The van der Waals surface area contributed by atoms with Crippen LogP contribution >= 0.6 is 15.9 Å². The highest BCUT2D eigenvalue weighted by Crippen LogP contribution is 2.40. The van der Waals surface area contributed by atoms with Gasteiger partial charge in [-0.15, -0.1) is 0 Å². The van der Waals surface area contributed by atoms with E-state index in [0.29, 0.717) is 11.9 Å². The predicted octanol–water partition coefficient (Wildman–Crippen LogP) is 3.18. The van der Waals surface area contributed by atoms with E-state index in [2.05, 4.69) is 51.8 Å². The van der Waals surface area contributed by atoms with Crippen LogP contribution in [0.2, 0.25) is 0 Å². The highest BCUT2D eigenvalue weighted by molar-refractivity contribution is 9.10. The number of anilines is 1. The minimum Gasteiger partial charge on any atom is -0.369 e. The normalized spacial score (nSPS) is 20.8. The van der Waals surface area contributed by atoms with Crippen LogP contribution in [-0.2, 0) is 0 Å². The highest BCUT2D eigenvalue weighted by Gasteiger charge is 2.42. The molecule has 0 saturated heterocycles. The molecule has 5 nitrogen and oxygen atoms in total. The van der Waals surface area contributed by atoms with E-state index in [-0.39, 0.29) is 5.66 Å². The van der Waals surface area contributed by atoms with Crippen LogP contribution in [-0.4, -0.2) is 17.6 Å². The minimum absolute atomic E-state index is 0.293. The second-order valence-electron chi connectivity index (χ2n) is 6.21. The molecule has 4 N–H and O–H groups in total. The van der Waals surface area contributed by atoms with Gasteiger partial charge < -0.3 is 11.5 Å². The highest BCUT2D eigenvalue weighted by atomic mass is 79.9. The van der Waals surface area contributed by atoms with E-state index in [9.17, 15) is 0 Å². The molecule has 0 aromatic heterocycles. The summed E-state index contributed by atoms with van der Waals surface area (Å²) in [5.74, 6) is 0.733. The fourth-order valence-corrected chi connectivity index (χ4v) is 3.78. The van der Waals surface area contributed by atoms with Crippen molar-refractivity contribution in [3.05, 3.63) is 27.7 Å². The molecule has 0 bridgehead atoms. The molecule has 0 atom stereocenters. The van der Waals surface area contributed by atoms with Gasteiger partial charge in [-0.2, -0.15) is 4.99 Å². The Morgan fingerprint density at radius 2 is 1.68 bits per heavy atom. The average Bonchev–Trinajstić information content (AvgIpc) is 2.44. The zero-order valence-corrected chi connectivity index (χ0v) is 14.7. The first kappa shape index (κ1) is 15.3. The van der Waals surface area contributed by atoms with E-state index in [1.54, 1.807) is 0 Å². The summed E-state index contributed by atoms with van der Waals surface area (Å²) in [5.41, 5.74) is 15.2. The van der Waals surface area contributed by atoms with Gasteiger partial charge in [0.2, 0.25) is 11.9 Å². The molecule has 1 spiro atoms. The zero-order valence-electron chi connectivity index (χ0n) is 13.1. The number of benzene rings is 1. The van der Waals surface area contributed by atoms with Crippen molar-refractivity contribution in [2.75, 3.05) is 4.90 Å². The molecular weight excluding hydrogens is 342 g/mol. The number of aliphatic imine (C=N–C) groups is 2. The molecule has 1 fully saturated rings. The van der Waals surface area contributed by atoms with Gasteiger partial charge in [0.25, 0.3) is 0 Å². The Labute approximate surface area is 139 Å². The topological polar surface area (TPSA) is 80.0 Å². The number of aryl methyl sites for hydroxylation is 2. The van der Waals surface area contributed by atoms with E-state index >= 15 is 0 Å². The van der Waals surface area contributed by atoms with Crippen LogP contribution < -0.4 is 16.4 Å². The van der Waals surface area contributed by atoms with Crippen molar-refractivity contribution in [1.29, 1.82) is 0 Å². The summed E-state index contributed by atoms with van der Waals surface area (Å²) in [6.07, 6.45) is 5.42. The van der Waals surface area contributed by atoms with Crippen LogP contribution in [0.25, 0.3) is 0 Å². The second-order valence-corrected chi connectivity index (χ2v) is 7.01. The predicted molar refractivity (Wildman–Crippen MR) is 95.2 cm³/mol. The number of hydrogen-bond donors (Lipinski definition) is 2. The molecule has 6 heteroatoms. The summed E-state index contributed by atoms with van der Waals surface area (Å²) in [6, 6.07) is 4.26. The first-order valence-electron chi connectivity index (χ1n) is 7.69. The monoisotopic (exact) mass is 363 g/mol. The zero-order chi connectivity index (χ0) is 15.9. The van der Waals surface area contributed by atoms with Crippen molar-refractivity contribution >= 4 is 33.5 Å². The van der Waals surface area contributed by atoms with Gasteiger partial charge in [0.1, 0.15) is 5.66 Å². The molecular formula is C16H22BrN5. The van der Waals surface area contributed by atoms with Gasteiger partial charge in [0, 0.05) is 10.2 Å². The number of nitrogens with two attached hydrogens (primary N) is 2. The Morgan fingerprint density at radius 3 is 2.27 bits per heavy atom. The molecule has 1 aromatic rings. The Kier molecular flexibility index (Phi) is 3.89. The molecule has 2 aliphatic rings. The lowest BCUT2D eigenvalue weighted by atomic mass is 9.87. The van der Waals surface area contributed by atoms with Crippen LogP contribution in [0.15, 0.2) is 26.6 Å². The Bertz CT molecular complexity index is 635. The third kappa shape index (κ3) is 2.49. The summed E-state index contributed by atoms with van der Waals surface area (Å²) < 4.78 is 1.13. The molecule has 1 aliphatic heterocycles. The molecule has 3 rings (SSSR count). The third-order valence-electron chi connectivity index (χ3n) is 4.53. The summed E-state index contributed by atoms with van der Waals surface area (Å²) in [7, 11) is 0. The van der Waals surface area contributed by atoms with Gasteiger partial charge in [0.05, 0.1) is 0 Å². The maximum absolute atomic E-state index is 6.25. The third-order valence-corrected chi connectivity index (χ3v) is 5.78. The minimum atomic E-state index is -0.374. The Morgan fingerprint density at radius 1 is 1.09 bits per heavy atom. The van der Waals surface area contributed by atoms with Crippen LogP contribution in [0.4, 0.5) is 5.69 Å². The molecule has 1 aliphatic carbocycles. The molecule has 0 radical (unpaired) electrons. The maximum atomic E-state index is 6.25. The van der Waals surface area contributed by atoms with Crippen LogP contribution in [0, 0.1) is 13.8 Å². The fraction of sp³-hybridized carbons (Fsp3) is 0.500. The largest absolute Gasteiger partial charge is 0.369 e. The van der Waals surface area contributed by atoms with Gasteiger partial charge in [-0.25, -0.2) is 4.99 Å². The number of nitrogens with zero attached hydrogens (tertiary/aromatic N) is 3. The fourth-order valence-electron chi connectivity index (χ4n) is 3.55. The molecule has 1 aromatic carbocycles. The SMILES string of the molecule is Cc1cc(N2C(N)=NC(N)=NC23CCCCC3)cc(C)c1Br. The molecule has 22 heavy (non-hydrogen) atoms. The lowest BCUT2D eigenvalue weighted by molar-refractivity contribution is 0.305. The smallest absolute Gasteiger partial charge is 0.220 e. The summed E-state index contributed by atoms with van der Waals surface area (Å²) in [6.45, 7) is 4.17. The van der Waals surface area contributed by atoms with Gasteiger partial charge >= 0.3 is 0 Å². The average molecular weight is 364 g/mol. The molecule has 1 saturated carbocycles. The maximum Gasteiger partial charge on any atom is 0.220 e. The lowest BCUT2D eigenvalue weighted by Gasteiger charge is -2.45.